The number of aliphatic carboxylic acids is 1. The van der Waals surface area contributed by atoms with Gasteiger partial charge in [-0.05, 0) is 20.0 Å². The van der Waals surface area contributed by atoms with E-state index in [9.17, 15) is 13.6 Å². The molecular weight excluding hydrogens is 268 g/mol. The Balaban J connectivity index is 2.19. The third kappa shape index (κ3) is 2.81. The summed E-state index contributed by atoms with van der Waals surface area (Å²) in [5, 5.41) is 9.15. The summed E-state index contributed by atoms with van der Waals surface area (Å²) < 4.78 is 31.9. The molecule has 1 heterocycles. The van der Waals surface area contributed by atoms with E-state index >= 15 is 0 Å². The van der Waals surface area contributed by atoms with Crippen LogP contribution in [0.25, 0.3) is 0 Å². The second-order valence-corrected chi connectivity index (χ2v) is 5.06. The molecule has 3 atom stereocenters. The zero-order valence-electron chi connectivity index (χ0n) is 11.3. The molecule has 1 aliphatic rings. The van der Waals surface area contributed by atoms with Crippen molar-refractivity contribution >= 4 is 5.97 Å². The molecule has 0 spiro atoms. The molecule has 0 saturated carbocycles. The first-order valence-corrected chi connectivity index (χ1v) is 6.39. The zero-order valence-corrected chi connectivity index (χ0v) is 11.3. The number of ether oxygens (including phenoxy) is 1. The smallest absolute Gasteiger partial charge is 0.310 e. The van der Waals surface area contributed by atoms with Crippen LogP contribution in [0.4, 0.5) is 8.78 Å². The molecule has 110 valence electrons. The minimum Gasteiger partial charge on any atom is -0.481 e. The van der Waals surface area contributed by atoms with E-state index in [4.69, 9.17) is 9.84 Å². The van der Waals surface area contributed by atoms with Crippen LogP contribution in [0.5, 0.6) is 0 Å². The van der Waals surface area contributed by atoms with Crippen molar-refractivity contribution in [2.45, 2.75) is 19.0 Å². The fraction of sp³-hybridized carbons (Fsp3) is 0.500. The van der Waals surface area contributed by atoms with Crippen LogP contribution in [-0.4, -0.2) is 42.3 Å². The van der Waals surface area contributed by atoms with Crippen LogP contribution in [0, 0.1) is 17.6 Å². The summed E-state index contributed by atoms with van der Waals surface area (Å²) >= 11 is 0. The summed E-state index contributed by atoms with van der Waals surface area (Å²) in [5.74, 6) is -2.82. The normalized spacial score (nSPS) is 24.1. The second-order valence-electron chi connectivity index (χ2n) is 5.06. The van der Waals surface area contributed by atoms with Crippen LogP contribution in [0.1, 0.15) is 18.5 Å². The number of benzene rings is 1. The first-order valence-electron chi connectivity index (χ1n) is 6.39. The molecule has 20 heavy (non-hydrogen) atoms. The Hall–Kier alpha value is -1.53. The van der Waals surface area contributed by atoms with Gasteiger partial charge in [-0.2, -0.15) is 0 Å². The number of carbonyl (C=O) groups is 1. The predicted molar refractivity (Wildman–Crippen MR) is 68.3 cm³/mol. The van der Waals surface area contributed by atoms with Gasteiger partial charge in [-0.1, -0.05) is 6.07 Å². The highest BCUT2D eigenvalue weighted by Crippen LogP contribution is 2.29. The van der Waals surface area contributed by atoms with Crippen LogP contribution in [0.2, 0.25) is 0 Å². The number of halogens is 2. The van der Waals surface area contributed by atoms with Crippen LogP contribution in [-0.2, 0) is 9.53 Å². The molecule has 0 amide bonds. The summed E-state index contributed by atoms with van der Waals surface area (Å²) in [7, 11) is 1.72. The Bertz CT molecular complexity index is 509. The van der Waals surface area contributed by atoms with Gasteiger partial charge in [0.2, 0.25) is 0 Å². The Morgan fingerprint density at radius 3 is 2.75 bits per heavy atom. The Kier molecular flexibility index (Phi) is 4.35. The number of nitrogens with zero attached hydrogens (tertiary/aromatic N) is 1. The van der Waals surface area contributed by atoms with Gasteiger partial charge in [-0.3, -0.25) is 9.69 Å². The Morgan fingerprint density at radius 2 is 2.15 bits per heavy atom. The van der Waals surface area contributed by atoms with Gasteiger partial charge in [0.25, 0.3) is 0 Å². The van der Waals surface area contributed by atoms with Gasteiger partial charge < -0.3 is 9.84 Å². The molecule has 1 aromatic carbocycles. The van der Waals surface area contributed by atoms with E-state index in [1.807, 2.05) is 0 Å². The SMILES string of the molecule is CC(c1ccc(F)cc1F)N(C)C1COCC1C(=O)O. The van der Waals surface area contributed by atoms with E-state index in [-0.39, 0.29) is 18.7 Å². The standard InChI is InChI=1S/C14H17F2NO3/c1-8(10-4-3-9(15)5-12(10)16)17(2)13-7-20-6-11(13)14(18)19/h3-5,8,11,13H,6-7H2,1-2H3,(H,18,19). The summed E-state index contributed by atoms with van der Waals surface area (Å²) in [6, 6.07) is 2.72. The summed E-state index contributed by atoms with van der Waals surface area (Å²) in [6.45, 7) is 2.21. The van der Waals surface area contributed by atoms with Crippen molar-refractivity contribution in [3.8, 4) is 0 Å². The largest absolute Gasteiger partial charge is 0.481 e. The van der Waals surface area contributed by atoms with Gasteiger partial charge in [-0.15, -0.1) is 0 Å². The molecule has 0 aromatic heterocycles. The first-order chi connectivity index (χ1) is 9.41. The lowest BCUT2D eigenvalue weighted by Crippen LogP contribution is -2.42. The molecule has 4 nitrogen and oxygen atoms in total. The molecule has 3 unspecified atom stereocenters. The molecule has 1 N–H and O–H groups in total. The zero-order chi connectivity index (χ0) is 14.9. The third-order valence-corrected chi connectivity index (χ3v) is 3.91. The van der Waals surface area contributed by atoms with E-state index < -0.39 is 23.5 Å². The lowest BCUT2D eigenvalue weighted by Gasteiger charge is -2.32. The van der Waals surface area contributed by atoms with Crippen molar-refractivity contribution in [2.75, 3.05) is 20.3 Å². The molecule has 0 radical (unpaired) electrons. The highest BCUT2D eigenvalue weighted by Gasteiger charge is 2.38. The maximum absolute atomic E-state index is 13.8. The molecule has 2 rings (SSSR count). The van der Waals surface area contributed by atoms with Crippen LogP contribution < -0.4 is 0 Å². The van der Waals surface area contributed by atoms with E-state index in [1.54, 1.807) is 18.9 Å². The molecule has 0 aliphatic carbocycles. The topological polar surface area (TPSA) is 49.8 Å². The minimum absolute atomic E-state index is 0.156. The minimum atomic E-state index is -0.925. The van der Waals surface area contributed by atoms with Gasteiger partial charge in [-0.25, -0.2) is 8.78 Å². The molecule has 1 fully saturated rings. The Labute approximate surface area is 116 Å². The fourth-order valence-electron chi connectivity index (χ4n) is 2.53. The quantitative estimate of drug-likeness (QED) is 0.920. The van der Waals surface area contributed by atoms with Crippen molar-refractivity contribution in [2.24, 2.45) is 5.92 Å². The number of hydrogen-bond donors (Lipinski definition) is 1. The third-order valence-electron chi connectivity index (χ3n) is 3.91. The lowest BCUT2D eigenvalue weighted by atomic mass is 9.98. The van der Waals surface area contributed by atoms with Crippen molar-refractivity contribution in [1.82, 2.24) is 4.90 Å². The molecule has 1 aromatic rings. The van der Waals surface area contributed by atoms with E-state index in [0.717, 1.165) is 6.07 Å². The van der Waals surface area contributed by atoms with Gasteiger partial charge in [0, 0.05) is 23.7 Å². The molecule has 6 heteroatoms. The second kappa shape index (κ2) is 5.85. The lowest BCUT2D eigenvalue weighted by molar-refractivity contribution is -0.143. The molecule has 1 saturated heterocycles. The molecule has 1 aliphatic heterocycles. The van der Waals surface area contributed by atoms with Gasteiger partial charge in [0.15, 0.2) is 0 Å². The van der Waals surface area contributed by atoms with Crippen LogP contribution in [0.15, 0.2) is 18.2 Å². The number of carboxylic acids is 1. The highest BCUT2D eigenvalue weighted by molar-refractivity contribution is 5.71. The van der Waals surface area contributed by atoms with Gasteiger partial charge in [0.05, 0.1) is 19.1 Å². The van der Waals surface area contributed by atoms with E-state index in [1.165, 1.54) is 12.1 Å². The number of likely N-dealkylation sites (N-methyl/N-ethyl adjacent to an activating group) is 1. The average molecular weight is 285 g/mol. The monoisotopic (exact) mass is 285 g/mol. The highest BCUT2D eigenvalue weighted by atomic mass is 19.1. The predicted octanol–water partition coefficient (Wildman–Crippen LogP) is 2.06. The number of hydrogen-bond acceptors (Lipinski definition) is 3. The number of rotatable bonds is 4. The summed E-state index contributed by atoms with van der Waals surface area (Å²) in [4.78, 5) is 12.9. The molecular formula is C14H17F2NO3. The van der Waals surface area contributed by atoms with Gasteiger partial charge in [0.1, 0.15) is 11.6 Å². The van der Waals surface area contributed by atoms with Crippen molar-refractivity contribution in [1.29, 1.82) is 0 Å². The average Bonchev–Trinajstić information content (AvgIpc) is 2.86. The van der Waals surface area contributed by atoms with Crippen LogP contribution in [0.3, 0.4) is 0 Å². The summed E-state index contributed by atoms with van der Waals surface area (Å²) in [5.41, 5.74) is 0.338. The molecule has 0 bridgehead atoms. The Morgan fingerprint density at radius 1 is 1.45 bits per heavy atom. The van der Waals surface area contributed by atoms with Crippen LogP contribution >= 0.6 is 0 Å². The fourth-order valence-corrected chi connectivity index (χ4v) is 2.53. The van der Waals surface area contributed by atoms with Crippen molar-refractivity contribution < 1.29 is 23.4 Å². The number of carboxylic acid groups (broad SMARTS) is 1. The van der Waals surface area contributed by atoms with Crippen molar-refractivity contribution in [3.05, 3.63) is 35.4 Å². The maximum Gasteiger partial charge on any atom is 0.310 e. The van der Waals surface area contributed by atoms with E-state index in [0.29, 0.717) is 12.2 Å². The van der Waals surface area contributed by atoms with Crippen molar-refractivity contribution in [3.63, 3.8) is 0 Å². The van der Waals surface area contributed by atoms with Gasteiger partial charge >= 0.3 is 5.97 Å². The van der Waals surface area contributed by atoms with E-state index in [2.05, 4.69) is 0 Å². The first kappa shape index (κ1) is 14.9. The summed E-state index contributed by atoms with van der Waals surface area (Å²) in [6.07, 6.45) is 0. The maximum atomic E-state index is 13.8.